The molecule has 2 aliphatic heterocycles. The first-order chi connectivity index (χ1) is 17.1. The third-order valence-corrected chi connectivity index (χ3v) is 8.74. The molecule has 1 saturated carbocycles. The third-order valence-electron chi connectivity index (χ3n) is 8.74. The zero-order valence-electron chi connectivity index (χ0n) is 20.4. The lowest BCUT2D eigenvalue weighted by Crippen LogP contribution is -2.43. The maximum Gasteiger partial charge on any atom is 0.433 e. The summed E-state index contributed by atoms with van der Waals surface area (Å²) >= 11 is 0. The molecule has 4 heterocycles. The molecular formula is C27H31F3N2O4. The molecule has 2 aromatic rings. The molecule has 0 radical (unpaired) electrons. The molecule has 2 fully saturated rings. The van der Waals surface area contributed by atoms with Gasteiger partial charge in [-0.2, -0.15) is 13.2 Å². The molecule has 2 spiro atoms. The average molecular weight is 505 g/mol. The van der Waals surface area contributed by atoms with Gasteiger partial charge in [-0.05, 0) is 36.8 Å². The van der Waals surface area contributed by atoms with E-state index in [9.17, 15) is 23.4 Å². The minimum atomic E-state index is -4.53. The molecule has 0 amide bonds. The molecule has 0 bridgehead atoms. The molecule has 194 valence electrons. The van der Waals surface area contributed by atoms with Crippen molar-refractivity contribution >= 4 is 0 Å². The number of halogens is 3. The highest BCUT2D eigenvalue weighted by atomic mass is 19.4. The Balaban J connectivity index is 1.57. The number of fused-ring (bicyclic) bond motifs is 4. The van der Waals surface area contributed by atoms with Gasteiger partial charge in [-0.15, -0.1) is 0 Å². The van der Waals surface area contributed by atoms with E-state index in [1.54, 1.807) is 0 Å². The largest absolute Gasteiger partial charge is 0.433 e. The topological polar surface area (TPSA) is 84.7 Å². The molecule has 9 heteroatoms. The number of ether oxygens (including phenoxy) is 2. The van der Waals surface area contributed by atoms with Crippen LogP contribution >= 0.6 is 0 Å². The Kier molecular flexibility index (Phi) is 5.54. The van der Waals surface area contributed by atoms with Crippen LogP contribution in [-0.4, -0.2) is 33.4 Å². The predicted octanol–water partition coefficient (Wildman–Crippen LogP) is 5.38. The summed E-state index contributed by atoms with van der Waals surface area (Å²) in [4.78, 5) is 8.67. The lowest BCUT2D eigenvalue weighted by molar-refractivity contribution is -0.141. The van der Waals surface area contributed by atoms with Crippen LogP contribution in [0, 0.1) is 5.41 Å². The van der Waals surface area contributed by atoms with Crippen molar-refractivity contribution in [3.05, 3.63) is 57.7 Å². The van der Waals surface area contributed by atoms with Crippen molar-refractivity contribution in [2.45, 2.75) is 88.4 Å². The van der Waals surface area contributed by atoms with E-state index in [0.29, 0.717) is 49.3 Å². The highest BCUT2D eigenvalue weighted by Gasteiger charge is 2.56. The number of pyridine rings is 2. The summed E-state index contributed by atoms with van der Waals surface area (Å²) < 4.78 is 52.0. The minimum absolute atomic E-state index is 0.0313. The standard InChI is InChI=1S/C27H31F3N2O4/c1-14(2)21-19-20(18-16(33)12-25(6-3-7-25)24(34)22(18)32-21)26(8-10-35-11-9-26)36-23(19)15-4-5-17(31-13-15)27(28,29)30/h4-5,13-14,16,23-24,33-34H,3,6-12H2,1-2H3/t16-,23+,24-/m0/s1. The number of aromatic nitrogens is 2. The molecule has 3 atom stereocenters. The number of hydrogen-bond acceptors (Lipinski definition) is 6. The molecule has 0 aromatic carbocycles. The van der Waals surface area contributed by atoms with Gasteiger partial charge in [0.15, 0.2) is 0 Å². The van der Waals surface area contributed by atoms with Crippen LogP contribution in [0.15, 0.2) is 18.3 Å². The first-order valence-electron chi connectivity index (χ1n) is 12.8. The molecule has 36 heavy (non-hydrogen) atoms. The van der Waals surface area contributed by atoms with Crippen LogP contribution in [-0.2, 0) is 21.3 Å². The number of aliphatic hydroxyl groups excluding tert-OH is 2. The maximum atomic E-state index is 13.2. The van der Waals surface area contributed by atoms with Crippen LogP contribution in [0.1, 0.15) is 116 Å². The van der Waals surface area contributed by atoms with Crippen LogP contribution in [0.2, 0.25) is 0 Å². The molecular weight excluding hydrogens is 473 g/mol. The Morgan fingerprint density at radius 3 is 2.33 bits per heavy atom. The van der Waals surface area contributed by atoms with E-state index in [4.69, 9.17) is 14.5 Å². The molecule has 2 aromatic heterocycles. The average Bonchev–Trinajstić information content (AvgIpc) is 3.13. The van der Waals surface area contributed by atoms with E-state index in [-0.39, 0.29) is 11.3 Å². The minimum Gasteiger partial charge on any atom is -0.388 e. The Morgan fingerprint density at radius 2 is 1.78 bits per heavy atom. The van der Waals surface area contributed by atoms with Gasteiger partial charge in [0, 0.05) is 60.1 Å². The molecule has 6 nitrogen and oxygen atoms in total. The van der Waals surface area contributed by atoms with E-state index >= 15 is 0 Å². The fraction of sp³-hybridized carbons (Fsp3) is 0.630. The fourth-order valence-corrected chi connectivity index (χ4v) is 6.77. The second-order valence-corrected chi connectivity index (χ2v) is 11.2. The summed E-state index contributed by atoms with van der Waals surface area (Å²) in [7, 11) is 0. The molecule has 6 rings (SSSR count). The van der Waals surface area contributed by atoms with Gasteiger partial charge in [0.05, 0.1) is 17.4 Å². The van der Waals surface area contributed by atoms with Crippen molar-refractivity contribution < 1.29 is 32.9 Å². The van der Waals surface area contributed by atoms with Crippen LogP contribution in [0.25, 0.3) is 0 Å². The fourth-order valence-electron chi connectivity index (χ4n) is 6.77. The summed E-state index contributed by atoms with van der Waals surface area (Å²) in [6, 6.07) is 2.40. The van der Waals surface area contributed by atoms with Crippen molar-refractivity contribution in [3.8, 4) is 0 Å². The van der Waals surface area contributed by atoms with Crippen molar-refractivity contribution in [2.75, 3.05) is 13.2 Å². The van der Waals surface area contributed by atoms with E-state index in [0.717, 1.165) is 42.1 Å². The predicted molar refractivity (Wildman–Crippen MR) is 123 cm³/mol. The Hall–Kier alpha value is -2.07. The molecule has 1 saturated heterocycles. The van der Waals surface area contributed by atoms with Crippen LogP contribution in [0.5, 0.6) is 0 Å². The van der Waals surface area contributed by atoms with Crippen molar-refractivity contribution in [1.82, 2.24) is 9.97 Å². The Morgan fingerprint density at radius 1 is 1.06 bits per heavy atom. The number of alkyl halides is 3. The van der Waals surface area contributed by atoms with E-state index in [1.165, 1.54) is 12.3 Å². The van der Waals surface area contributed by atoms with Gasteiger partial charge in [-0.1, -0.05) is 26.3 Å². The summed E-state index contributed by atoms with van der Waals surface area (Å²) in [6.07, 6.45) is -1.24. The van der Waals surface area contributed by atoms with E-state index < -0.39 is 35.8 Å². The smallest absolute Gasteiger partial charge is 0.388 e. The van der Waals surface area contributed by atoms with Crippen LogP contribution < -0.4 is 0 Å². The maximum absolute atomic E-state index is 13.2. The highest BCUT2D eigenvalue weighted by Crippen LogP contribution is 2.63. The second kappa shape index (κ2) is 8.21. The second-order valence-electron chi connectivity index (χ2n) is 11.2. The normalized spacial score (nSPS) is 28.3. The third kappa shape index (κ3) is 3.46. The van der Waals surface area contributed by atoms with Crippen LogP contribution in [0.3, 0.4) is 0 Å². The van der Waals surface area contributed by atoms with Crippen molar-refractivity contribution in [1.29, 1.82) is 0 Å². The van der Waals surface area contributed by atoms with Gasteiger partial charge in [0.25, 0.3) is 0 Å². The highest BCUT2D eigenvalue weighted by molar-refractivity contribution is 5.55. The Bertz CT molecular complexity index is 1170. The number of nitrogens with zero attached hydrogens (tertiary/aromatic N) is 2. The summed E-state index contributed by atoms with van der Waals surface area (Å²) in [5, 5.41) is 23.0. The van der Waals surface area contributed by atoms with Gasteiger partial charge in [0.2, 0.25) is 0 Å². The Labute approximate surface area is 207 Å². The van der Waals surface area contributed by atoms with Crippen molar-refractivity contribution in [3.63, 3.8) is 0 Å². The summed E-state index contributed by atoms with van der Waals surface area (Å²) in [6.45, 7) is 4.95. The quantitative estimate of drug-likeness (QED) is 0.571. The molecule has 4 aliphatic rings. The first-order valence-corrected chi connectivity index (χ1v) is 12.8. The molecule has 2 aliphatic carbocycles. The van der Waals surface area contributed by atoms with Crippen LogP contribution in [0.4, 0.5) is 13.2 Å². The lowest BCUT2D eigenvalue weighted by atomic mass is 9.57. The number of aliphatic hydroxyl groups is 2. The lowest BCUT2D eigenvalue weighted by Gasteiger charge is -2.51. The summed E-state index contributed by atoms with van der Waals surface area (Å²) in [5.74, 6) is -0.0313. The molecule has 0 unspecified atom stereocenters. The van der Waals surface area contributed by atoms with Gasteiger partial charge in [-0.3, -0.25) is 9.97 Å². The van der Waals surface area contributed by atoms with E-state index in [2.05, 4.69) is 4.98 Å². The van der Waals surface area contributed by atoms with Gasteiger partial charge in [0.1, 0.15) is 17.9 Å². The zero-order chi connectivity index (χ0) is 25.5. The molecule has 2 N–H and O–H groups in total. The van der Waals surface area contributed by atoms with E-state index in [1.807, 2.05) is 13.8 Å². The van der Waals surface area contributed by atoms with Crippen molar-refractivity contribution in [2.24, 2.45) is 5.41 Å². The van der Waals surface area contributed by atoms with Gasteiger partial charge >= 0.3 is 6.18 Å². The number of rotatable bonds is 2. The SMILES string of the molecule is CC(C)c1nc2c(c3c1[C@@H](c1ccc(C(F)(F)F)nc1)OC31CCOCC1)[C@@H](O)CC1(CCC1)[C@H]2O. The number of hydrogen-bond donors (Lipinski definition) is 2. The van der Waals surface area contributed by atoms with Gasteiger partial charge < -0.3 is 19.7 Å². The first kappa shape index (κ1) is 24.3. The zero-order valence-corrected chi connectivity index (χ0v) is 20.4. The monoisotopic (exact) mass is 504 g/mol. The van der Waals surface area contributed by atoms with Gasteiger partial charge in [-0.25, -0.2) is 0 Å². The summed E-state index contributed by atoms with van der Waals surface area (Å²) in [5.41, 5.74) is 2.01.